The summed E-state index contributed by atoms with van der Waals surface area (Å²) >= 11 is 0. The highest BCUT2D eigenvalue weighted by Crippen LogP contribution is 2.26. The van der Waals surface area contributed by atoms with Crippen molar-refractivity contribution in [1.82, 2.24) is 14.7 Å². The molecule has 1 aliphatic rings. The molecule has 0 saturated heterocycles. The van der Waals surface area contributed by atoms with E-state index in [2.05, 4.69) is 11.2 Å². The molecule has 2 aromatic rings. The van der Waals surface area contributed by atoms with Gasteiger partial charge in [-0.15, -0.1) is 0 Å². The highest BCUT2D eigenvalue weighted by molar-refractivity contribution is 5.79. The number of rotatable bonds is 4. The van der Waals surface area contributed by atoms with Crippen LogP contribution in [0.5, 0.6) is 0 Å². The second-order valence-electron chi connectivity index (χ2n) is 6.73. The molecule has 0 aliphatic heterocycles. The van der Waals surface area contributed by atoms with Crippen LogP contribution in [0.3, 0.4) is 0 Å². The maximum Gasteiger partial charge on any atom is 0.225 e. The van der Waals surface area contributed by atoms with Crippen molar-refractivity contribution >= 4 is 5.91 Å². The Hall–Kier alpha value is -2.18. The molecule has 3 N–H and O–H groups in total. The van der Waals surface area contributed by atoms with Crippen LogP contribution in [-0.2, 0) is 11.3 Å². The quantitative estimate of drug-likeness (QED) is 0.884. The highest BCUT2D eigenvalue weighted by atomic mass is 16.3. The maximum atomic E-state index is 12.5. The number of aliphatic hydroxyl groups excluding tert-OH is 1. The Labute approximate surface area is 141 Å². The Kier molecular flexibility index (Phi) is 4.69. The van der Waals surface area contributed by atoms with Crippen LogP contribution in [0.25, 0.3) is 5.69 Å². The smallest absolute Gasteiger partial charge is 0.225 e. The summed E-state index contributed by atoms with van der Waals surface area (Å²) in [6.07, 6.45) is 4.14. The summed E-state index contributed by atoms with van der Waals surface area (Å²) in [7, 11) is 1.78. The van der Waals surface area contributed by atoms with Gasteiger partial charge in [0.2, 0.25) is 5.91 Å². The molecule has 1 aromatic carbocycles. The lowest BCUT2D eigenvalue weighted by Gasteiger charge is -2.20. The van der Waals surface area contributed by atoms with Crippen LogP contribution in [-0.4, -0.2) is 44.9 Å². The van der Waals surface area contributed by atoms with Crippen molar-refractivity contribution < 1.29 is 9.90 Å². The first-order valence-corrected chi connectivity index (χ1v) is 8.23. The minimum atomic E-state index is -0.573. The number of aryl methyl sites for hydroxylation is 1. The number of benzene rings is 1. The minimum Gasteiger partial charge on any atom is -0.391 e. The van der Waals surface area contributed by atoms with Gasteiger partial charge in [0, 0.05) is 37.3 Å². The zero-order valence-electron chi connectivity index (χ0n) is 14.1. The van der Waals surface area contributed by atoms with E-state index < -0.39 is 6.10 Å². The molecule has 1 amide bonds. The molecule has 1 aliphatic carbocycles. The number of carbonyl (C=O) groups excluding carboxylic acids is 1. The zero-order chi connectivity index (χ0) is 17.3. The molecule has 0 bridgehead atoms. The molecule has 1 heterocycles. The van der Waals surface area contributed by atoms with Gasteiger partial charge in [0.15, 0.2) is 0 Å². The second-order valence-corrected chi connectivity index (χ2v) is 6.73. The molecule has 1 aromatic heterocycles. The summed E-state index contributed by atoms with van der Waals surface area (Å²) in [5, 5.41) is 14.1. The standard InChI is InChI=1S/C18H24N4O2/c1-12-4-3-5-15(6-12)22-11-13(9-20-22)10-21(2)18(24)14-7-16(19)17(23)8-14/h3-6,9,11,14,16-17,23H,7-8,10,19H2,1-2H3/t14-,16+,17+/m0/s1. The van der Waals surface area contributed by atoms with Crippen molar-refractivity contribution in [1.29, 1.82) is 0 Å². The molecule has 0 radical (unpaired) electrons. The van der Waals surface area contributed by atoms with Gasteiger partial charge >= 0.3 is 0 Å². The Bertz CT molecular complexity index is 717. The summed E-state index contributed by atoms with van der Waals surface area (Å²) in [4.78, 5) is 14.2. The normalized spacial score (nSPS) is 23.4. The van der Waals surface area contributed by atoms with Gasteiger partial charge in [-0.2, -0.15) is 5.10 Å². The van der Waals surface area contributed by atoms with Crippen molar-refractivity contribution in [3.05, 3.63) is 47.8 Å². The minimum absolute atomic E-state index is 0.0327. The van der Waals surface area contributed by atoms with E-state index in [0.717, 1.165) is 11.3 Å². The number of hydrogen-bond donors (Lipinski definition) is 2. The largest absolute Gasteiger partial charge is 0.391 e. The Morgan fingerprint density at radius 2 is 2.25 bits per heavy atom. The zero-order valence-corrected chi connectivity index (χ0v) is 14.1. The summed E-state index contributed by atoms with van der Waals surface area (Å²) in [6.45, 7) is 2.54. The van der Waals surface area contributed by atoms with Gasteiger partial charge in [-0.05, 0) is 37.5 Å². The number of hydrogen-bond acceptors (Lipinski definition) is 4. The fraction of sp³-hybridized carbons (Fsp3) is 0.444. The average Bonchev–Trinajstić information content (AvgIpc) is 3.14. The van der Waals surface area contributed by atoms with Crippen LogP contribution in [0.15, 0.2) is 36.7 Å². The molecule has 1 saturated carbocycles. The molecule has 128 valence electrons. The van der Waals surface area contributed by atoms with Crippen molar-refractivity contribution in [3.63, 3.8) is 0 Å². The van der Waals surface area contributed by atoms with Crippen LogP contribution >= 0.6 is 0 Å². The number of aliphatic hydroxyl groups is 1. The van der Waals surface area contributed by atoms with Crippen molar-refractivity contribution in [2.75, 3.05) is 7.05 Å². The predicted molar refractivity (Wildman–Crippen MR) is 91.5 cm³/mol. The van der Waals surface area contributed by atoms with E-state index in [1.54, 1.807) is 18.1 Å². The van der Waals surface area contributed by atoms with Crippen molar-refractivity contribution in [2.24, 2.45) is 11.7 Å². The lowest BCUT2D eigenvalue weighted by molar-refractivity contribution is -0.134. The number of aromatic nitrogens is 2. The van der Waals surface area contributed by atoms with Crippen molar-refractivity contribution in [2.45, 2.75) is 38.5 Å². The summed E-state index contributed by atoms with van der Waals surface area (Å²) in [5.41, 5.74) is 8.95. The third-order valence-electron chi connectivity index (χ3n) is 4.62. The van der Waals surface area contributed by atoms with Crippen LogP contribution in [0, 0.1) is 12.8 Å². The molecule has 6 heteroatoms. The van der Waals surface area contributed by atoms with E-state index in [1.807, 2.05) is 36.0 Å². The number of nitrogens with two attached hydrogens (primary N) is 1. The number of nitrogens with zero attached hydrogens (tertiary/aromatic N) is 3. The third kappa shape index (κ3) is 3.49. The van der Waals surface area contributed by atoms with Crippen LogP contribution in [0.1, 0.15) is 24.0 Å². The van der Waals surface area contributed by atoms with Gasteiger partial charge < -0.3 is 15.7 Å². The van der Waals surface area contributed by atoms with Crippen LogP contribution in [0.2, 0.25) is 0 Å². The van der Waals surface area contributed by atoms with E-state index in [1.165, 1.54) is 5.56 Å². The highest BCUT2D eigenvalue weighted by Gasteiger charge is 2.36. The molecule has 24 heavy (non-hydrogen) atoms. The SMILES string of the molecule is Cc1cccc(-n2cc(CN(C)C(=O)[C@H]3C[C@@H](N)[C@H](O)C3)cn2)c1. The number of amides is 1. The van der Waals surface area contributed by atoms with Crippen LogP contribution in [0.4, 0.5) is 0 Å². The summed E-state index contributed by atoms with van der Waals surface area (Å²) < 4.78 is 1.82. The summed E-state index contributed by atoms with van der Waals surface area (Å²) in [6, 6.07) is 7.81. The van der Waals surface area contributed by atoms with E-state index >= 15 is 0 Å². The van der Waals surface area contributed by atoms with Gasteiger partial charge in [-0.3, -0.25) is 4.79 Å². The van der Waals surface area contributed by atoms with Gasteiger partial charge in [-0.25, -0.2) is 4.68 Å². The second kappa shape index (κ2) is 6.75. The first-order chi connectivity index (χ1) is 11.4. The van der Waals surface area contributed by atoms with Gasteiger partial charge in [0.05, 0.1) is 18.0 Å². The Balaban J connectivity index is 1.65. The number of carbonyl (C=O) groups is 1. The molecule has 3 rings (SSSR count). The molecule has 0 spiro atoms. The lowest BCUT2D eigenvalue weighted by atomic mass is 10.1. The Morgan fingerprint density at radius 3 is 2.92 bits per heavy atom. The van der Waals surface area contributed by atoms with Gasteiger partial charge in [-0.1, -0.05) is 12.1 Å². The predicted octanol–water partition coefficient (Wildman–Crippen LogP) is 1.24. The Morgan fingerprint density at radius 1 is 1.46 bits per heavy atom. The molecular weight excluding hydrogens is 304 g/mol. The average molecular weight is 328 g/mol. The maximum absolute atomic E-state index is 12.5. The molecular formula is C18H24N4O2. The van der Waals surface area contributed by atoms with E-state index in [4.69, 9.17) is 5.73 Å². The fourth-order valence-corrected chi connectivity index (χ4v) is 3.27. The molecule has 6 nitrogen and oxygen atoms in total. The molecule has 3 atom stereocenters. The first-order valence-electron chi connectivity index (χ1n) is 8.23. The van der Waals surface area contributed by atoms with E-state index in [9.17, 15) is 9.90 Å². The third-order valence-corrected chi connectivity index (χ3v) is 4.62. The van der Waals surface area contributed by atoms with E-state index in [-0.39, 0.29) is 17.9 Å². The monoisotopic (exact) mass is 328 g/mol. The van der Waals surface area contributed by atoms with Gasteiger partial charge in [0.1, 0.15) is 0 Å². The topological polar surface area (TPSA) is 84.4 Å². The lowest BCUT2D eigenvalue weighted by Crippen LogP contribution is -2.32. The van der Waals surface area contributed by atoms with Gasteiger partial charge in [0.25, 0.3) is 0 Å². The summed E-state index contributed by atoms with van der Waals surface area (Å²) in [5.74, 6) is -0.155. The fourth-order valence-electron chi connectivity index (χ4n) is 3.27. The first kappa shape index (κ1) is 16.7. The van der Waals surface area contributed by atoms with E-state index in [0.29, 0.717) is 19.4 Å². The van der Waals surface area contributed by atoms with Crippen LogP contribution < -0.4 is 5.73 Å². The van der Waals surface area contributed by atoms with Crippen molar-refractivity contribution in [3.8, 4) is 5.69 Å². The molecule has 0 unspecified atom stereocenters. The molecule has 1 fully saturated rings.